The summed E-state index contributed by atoms with van der Waals surface area (Å²) in [5.41, 5.74) is 2.86. The third kappa shape index (κ3) is 3.36. The fraction of sp³-hybridized carbons (Fsp3) is 0.364. The van der Waals surface area contributed by atoms with E-state index >= 15 is 0 Å². The number of hydrogen-bond donors (Lipinski definition) is 0. The van der Waals surface area contributed by atoms with Gasteiger partial charge in [0, 0.05) is 32.5 Å². The van der Waals surface area contributed by atoms with E-state index in [1.54, 1.807) is 7.11 Å². The summed E-state index contributed by atoms with van der Waals surface area (Å²) < 4.78 is 13.2. The quantitative estimate of drug-likeness (QED) is 0.629. The highest BCUT2D eigenvalue weighted by atomic mass is 16.5. The number of anilines is 1. The second kappa shape index (κ2) is 8.02. The number of fused-ring (bicyclic) bond motifs is 1. The molecular formula is C22H25N3O3. The smallest absolute Gasteiger partial charge is 0.227 e. The number of nitrogens with zero attached hydrogens (tertiary/aromatic N) is 3. The van der Waals surface area contributed by atoms with Crippen LogP contribution in [0.25, 0.3) is 11.0 Å². The molecule has 0 bridgehead atoms. The molecule has 1 atom stereocenters. The topological polar surface area (TPSA) is 56.6 Å². The normalized spacial score (nSPS) is 16.9. The number of benzene rings is 2. The molecule has 1 saturated heterocycles. The van der Waals surface area contributed by atoms with E-state index in [2.05, 4.69) is 10.6 Å². The third-order valence-electron chi connectivity index (χ3n) is 5.15. The average molecular weight is 379 g/mol. The summed E-state index contributed by atoms with van der Waals surface area (Å²) in [7, 11) is 1.70. The van der Waals surface area contributed by atoms with E-state index in [1.807, 2.05) is 54.3 Å². The molecule has 1 aliphatic heterocycles. The Balaban J connectivity index is 1.68. The van der Waals surface area contributed by atoms with E-state index in [4.69, 9.17) is 14.5 Å². The summed E-state index contributed by atoms with van der Waals surface area (Å²) in [6.45, 7) is 4.43. The molecule has 2 heterocycles. The second-order valence-electron chi connectivity index (χ2n) is 6.91. The molecular weight excluding hydrogens is 354 g/mol. The van der Waals surface area contributed by atoms with E-state index < -0.39 is 0 Å². The fourth-order valence-corrected chi connectivity index (χ4v) is 3.89. The predicted octanol–water partition coefficient (Wildman–Crippen LogP) is 3.60. The van der Waals surface area contributed by atoms with E-state index in [1.165, 1.54) is 0 Å². The molecule has 4 rings (SSSR count). The summed E-state index contributed by atoms with van der Waals surface area (Å²) >= 11 is 0. The van der Waals surface area contributed by atoms with Crippen molar-refractivity contribution in [3.05, 3.63) is 54.4 Å². The Labute approximate surface area is 164 Å². The monoisotopic (exact) mass is 379 g/mol. The number of imidazole rings is 1. The minimum Gasteiger partial charge on any atom is -0.492 e. The maximum atomic E-state index is 12.9. The first-order valence-corrected chi connectivity index (χ1v) is 9.69. The van der Waals surface area contributed by atoms with Crippen molar-refractivity contribution in [2.45, 2.75) is 25.8 Å². The minimum absolute atomic E-state index is 0.0337. The Morgan fingerprint density at radius 2 is 1.93 bits per heavy atom. The largest absolute Gasteiger partial charge is 0.492 e. The Morgan fingerprint density at radius 3 is 2.75 bits per heavy atom. The lowest BCUT2D eigenvalue weighted by Crippen LogP contribution is -2.25. The van der Waals surface area contributed by atoms with Gasteiger partial charge in [-0.15, -0.1) is 0 Å². The number of amides is 1. The second-order valence-corrected chi connectivity index (χ2v) is 6.91. The van der Waals surface area contributed by atoms with Crippen molar-refractivity contribution < 1.29 is 14.3 Å². The van der Waals surface area contributed by atoms with Gasteiger partial charge in [0.15, 0.2) is 0 Å². The van der Waals surface area contributed by atoms with Crippen LogP contribution in [0.1, 0.15) is 25.1 Å². The van der Waals surface area contributed by atoms with Crippen LogP contribution in [0.2, 0.25) is 0 Å². The number of carbonyl (C=O) groups is 1. The van der Waals surface area contributed by atoms with Crippen molar-refractivity contribution in [1.29, 1.82) is 0 Å². The van der Waals surface area contributed by atoms with Crippen LogP contribution >= 0.6 is 0 Å². The van der Waals surface area contributed by atoms with Gasteiger partial charge in [0.1, 0.15) is 11.6 Å². The van der Waals surface area contributed by atoms with Crippen molar-refractivity contribution in [1.82, 2.24) is 9.55 Å². The highest BCUT2D eigenvalue weighted by Gasteiger charge is 2.35. The maximum Gasteiger partial charge on any atom is 0.227 e. The Hall–Kier alpha value is -2.86. The highest BCUT2D eigenvalue weighted by Crippen LogP contribution is 2.37. The van der Waals surface area contributed by atoms with E-state index in [9.17, 15) is 4.79 Å². The zero-order valence-electron chi connectivity index (χ0n) is 16.3. The lowest BCUT2D eigenvalue weighted by molar-refractivity contribution is -0.117. The van der Waals surface area contributed by atoms with Crippen molar-refractivity contribution >= 4 is 22.6 Å². The van der Waals surface area contributed by atoms with Crippen LogP contribution in [-0.4, -0.2) is 42.3 Å². The van der Waals surface area contributed by atoms with Crippen LogP contribution in [0.5, 0.6) is 5.75 Å². The van der Waals surface area contributed by atoms with Gasteiger partial charge in [-0.25, -0.2) is 4.98 Å². The first-order valence-electron chi connectivity index (χ1n) is 9.69. The zero-order chi connectivity index (χ0) is 19.5. The lowest BCUT2D eigenvalue weighted by atomic mass is 10.1. The molecule has 0 unspecified atom stereocenters. The van der Waals surface area contributed by atoms with E-state index in [-0.39, 0.29) is 11.8 Å². The van der Waals surface area contributed by atoms with E-state index in [0.29, 0.717) is 32.7 Å². The molecule has 28 heavy (non-hydrogen) atoms. The van der Waals surface area contributed by atoms with Crippen LogP contribution in [0.3, 0.4) is 0 Å². The zero-order valence-corrected chi connectivity index (χ0v) is 16.3. The maximum absolute atomic E-state index is 12.9. The van der Waals surface area contributed by atoms with Gasteiger partial charge in [-0.1, -0.05) is 24.3 Å². The first kappa shape index (κ1) is 18.5. The Bertz CT molecular complexity index is 982. The molecule has 2 aromatic carbocycles. The molecule has 6 nitrogen and oxygen atoms in total. The molecule has 0 spiro atoms. The van der Waals surface area contributed by atoms with E-state index in [0.717, 1.165) is 28.3 Å². The molecule has 0 aliphatic carbocycles. The van der Waals surface area contributed by atoms with Gasteiger partial charge in [-0.2, -0.15) is 0 Å². The van der Waals surface area contributed by atoms with Gasteiger partial charge in [-0.05, 0) is 31.2 Å². The molecule has 6 heteroatoms. The number of methoxy groups -OCH3 is 1. The first-order chi connectivity index (χ1) is 13.7. The van der Waals surface area contributed by atoms with Crippen molar-refractivity contribution in [3.63, 3.8) is 0 Å². The van der Waals surface area contributed by atoms with Crippen LogP contribution in [0.4, 0.5) is 5.69 Å². The molecule has 0 N–H and O–H groups in total. The number of aromatic nitrogens is 2. The fourth-order valence-electron chi connectivity index (χ4n) is 3.89. The van der Waals surface area contributed by atoms with Crippen LogP contribution < -0.4 is 9.64 Å². The van der Waals surface area contributed by atoms with Crippen molar-refractivity contribution in [2.24, 2.45) is 0 Å². The highest BCUT2D eigenvalue weighted by molar-refractivity contribution is 5.97. The summed E-state index contributed by atoms with van der Waals surface area (Å²) in [6, 6.07) is 15.8. The molecule has 0 saturated carbocycles. The molecule has 0 radical (unpaired) electrons. The lowest BCUT2D eigenvalue weighted by Gasteiger charge is -2.20. The average Bonchev–Trinajstić information content (AvgIpc) is 3.27. The summed E-state index contributed by atoms with van der Waals surface area (Å²) in [6.07, 6.45) is 0.441. The minimum atomic E-state index is 0.0337. The van der Waals surface area contributed by atoms with Gasteiger partial charge < -0.3 is 18.9 Å². The van der Waals surface area contributed by atoms with Gasteiger partial charge in [0.25, 0.3) is 0 Å². The van der Waals surface area contributed by atoms with Crippen LogP contribution in [0, 0.1) is 0 Å². The standard InChI is InChI=1S/C22H25N3O3/c1-3-28-20-11-7-6-10-19(20)25-15-16(14-21(25)26)22-23-17-8-4-5-9-18(17)24(22)12-13-27-2/h4-11,16H,3,12-15H2,1-2H3/t16-/m0/s1. The molecule has 146 valence electrons. The van der Waals surface area contributed by atoms with Crippen LogP contribution in [0.15, 0.2) is 48.5 Å². The number of ether oxygens (including phenoxy) is 2. The molecule has 1 fully saturated rings. The van der Waals surface area contributed by atoms with Gasteiger partial charge in [-0.3, -0.25) is 4.79 Å². The summed E-state index contributed by atoms with van der Waals surface area (Å²) in [4.78, 5) is 19.6. The molecule has 3 aromatic rings. The van der Waals surface area contributed by atoms with Gasteiger partial charge >= 0.3 is 0 Å². The molecule has 1 aromatic heterocycles. The number of para-hydroxylation sites is 4. The molecule has 1 aliphatic rings. The van der Waals surface area contributed by atoms with Gasteiger partial charge in [0.05, 0.1) is 29.9 Å². The third-order valence-corrected chi connectivity index (χ3v) is 5.15. The van der Waals surface area contributed by atoms with Crippen LogP contribution in [-0.2, 0) is 16.1 Å². The Kier molecular flexibility index (Phi) is 5.30. The summed E-state index contributed by atoms with van der Waals surface area (Å²) in [5, 5.41) is 0. The Morgan fingerprint density at radius 1 is 1.14 bits per heavy atom. The number of rotatable bonds is 7. The molecule has 1 amide bonds. The predicted molar refractivity (Wildman–Crippen MR) is 109 cm³/mol. The van der Waals surface area contributed by atoms with Crippen molar-refractivity contribution in [2.75, 3.05) is 31.8 Å². The number of hydrogen-bond acceptors (Lipinski definition) is 4. The van der Waals surface area contributed by atoms with Gasteiger partial charge in [0.2, 0.25) is 5.91 Å². The number of carbonyl (C=O) groups excluding carboxylic acids is 1. The van der Waals surface area contributed by atoms with Crippen molar-refractivity contribution in [3.8, 4) is 5.75 Å². The SMILES string of the molecule is CCOc1ccccc1N1C[C@@H](c2nc3ccccc3n2CCOC)CC1=O. The summed E-state index contributed by atoms with van der Waals surface area (Å²) in [5.74, 6) is 1.82.